The molecular formula is C19H19N5OS2. The Balaban J connectivity index is 1.39. The molecule has 4 rings (SSSR count). The molecule has 0 fully saturated rings. The first-order valence-corrected chi connectivity index (χ1v) is 10.3. The van der Waals surface area contributed by atoms with Crippen molar-refractivity contribution in [2.45, 2.75) is 13.3 Å². The molecule has 0 unspecified atom stereocenters. The second-order valence-corrected chi connectivity index (χ2v) is 8.35. The van der Waals surface area contributed by atoms with Crippen LogP contribution in [-0.2, 0) is 13.5 Å². The zero-order valence-electron chi connectivity index (χ0n) is 15.0. The normalized spacial score (nSPS) is 11.0. The summed E-state index contributed by atoms with van der Waals surface area (Å²) in [5.41, 5.74) is 1.60. The van der Waals surface area contributed by atoms with Crippen molar-refractivity contribution in [1.29, 1.82) is 0 Å². The van der Waals surface area contributed by atoms with Crippen molar-refractivity contribution in [1.82, 2.24) is 24.6 Å². The highest BCUT2D eigenvalue weighted by Crippen LogP contribution is 2.29. The van der Waals surface area contributed by atoms with Gasteiger partial charge in [-0.2, -0.15) is 5.10 Å². The second kappa shape index (κ2) is 7.50. The maximum Gasteiger partial charge on any atom is 0.256 e. The first-order chi connectivity index (χ1) is 13.1. The van der Waals surface area contributed by atoms with E-state index < -0.39 is 0 Å². The first-order valence-electron chi connectivity index (χ1n) is 8.56. The average Bonchev–Trinajstić information content (AvgIpc) is 3.41. The van der Waals surface area contributed by atoms with Crippen molar-refractivity contribution in [2.75, 3.05) is 6.54 Å². The Kier molecular flexibility index (Phi) is 4.91. The molecule has 4 aromatic rings. The minimum absolute atomic E-state index is 0.112. The number of nitrogens with zero attached hydrogens (tertiary/aromatic N) is 4. The van der Waals surface area contributed by atoms with E-state index in [1.165, 1.54) is 9.75 Å². The predicted molar refractivity (Wildman–Crippen MR) is 109 cm³/mol. The topological polar surface area (TPSA) is 64.7 Å². The summed E-state index contributed by atoms with van der Waals surface area (Å²) in [7, 11) is 1.83. The van der Waals surface area contributed by atoms with Gasteiger partial charge < -0.3 is 9.88 Å². The third-order valence-corrected chi connectivity index (χ3v) is 6.13. The highest BCUT2D eigenvalue weighted by Gasteiger charge is 2.17. The smallest absolute Gasteiger partial charge is 0.256 e. The van der Waals surface area contributed by atoms with Gasteiger partial charge in [-0.1, -0.05) is 0 Å². The van der Waals surface area contributed by atoms with Crippen LogP contribution in [0.4, 0.5) is 0 Å². The summed E-state index contributed by atoms with van der Waals surface area (Å²) in [5, 5.41) is 10.4. The van der Waals surface area contributed by atoms with Crippen molar-refractivity contribution in [3.05, 3.63) is 63.7 Å². The van der Waals surface area contributed by atoms with Crippen LogP contribution in [0.5, 0.6) is 0 Å². The monoisotopic (exact) mass is 397 g/mol. The van der Waals surface area contributed by atoms with Crippen LogP contribution >= 0.6 is 22.7 Å². The average molecular weight is 398 g/mol. The van der Waals surface area contributed by atoms with Gasteiger partial charge in [0.15, 0.2) is 0 Å². The molecule has 0 aliphatic rings. The van der Waals surface area contributed by atoms with Crippen molar-refractivity contribution < 1.29 is 4.79 Å². The number of aryl methyl sites for hydroxylation is 2. The van der Waals surface area contributed by atoms with Gasteiger partial charge in [0.2, 0.25) is 0 Å². The number of rotatable bonds is 6. The number of hydrogen-bond acceptors (Lipinski definition) is 5. The Bertz CT molecular complexity index is 1060. The van der Waals surface area contributed by atoms with Crippen LogP contribution in [0.1, 0.15) is 20.2 Å². The zero-order valence-corrected chi connectivity index (χ0v) is 16.7. The lowest BCUT2D eigenvalue weighted by Gasteiger charge is -2.08. The summed E-state index contributed by atoms with van der Waals surface area (Å²) >= 11 is 3.38. The van der Waals surface area contributed by atoms with E-state index in [2.05, 4.69) is 32.9 Å². The van der Waals surface area contributed by atoms with Crippen molar-refractivity contribution in [3.8, 4) is 16.4 Å². The van der Waals surface area contributed by atoms with Gasteiger partial charge in [-0.15, -0.1) is 22.7 Å². The van der Waals surface area contributed by atoms with E-state index in [1.807, 2.05) is 43.1 Å². The Hall–Kier alpha value is -2.71. The molecule has 0 bridgehead atoms. The lowest BCUT2D eigenvalue weighted by molar-refractivity contribution is 0.0954. The van der Waals surface area contributed by atoms with Crippen molar-refractivity contribution in [2.24, 2.45) is 7.05 Å². The Morgan fingerprint density at radius 1 is 1.26 bits per heavy atom. The predicted octanol–water partition coefficient (Wildman–Crippen LogP) is 3.68. The summed E-state index contributed by atoms with van der Waals surface area (Å²) in [4.78, 5) is 19.5. The number of hydrogen-bond donors (Lipinski definition) is 1. The SMILES string of the molecule is Cc1nc(-c2ccc(CCNC(=O)c3cnn(C)c3-n3cccc3)s2)cs1. The lowest BCUT2D eigenvalue weighted by Crippen LogP contribution is -2.26. The number of nitrogens with one attached hydrogen (secondary N) is 1. The summed E-state index contributed by atoms with van der Waals surface area (Å²) in [6.07, 6.45) is 6.21. The molecule has 138 valence electrons. The van der Waals surface area contributed by atoms with E-state index >= 15 is 0 Å². The molecule has 0 saturated heterocycles. The summed E-state index contributed by atoms with van der Waals surface area (Å²) in [6.45, 7) is 2.59. The fourth-order valence-electron chi connectivity index (χ4n) is 2.89. The highest BCUT2D eigenvalue weighted by molar-refractivity contribution is 7.16. The number of thiophene rings is 1. The standard InChI is InChI=1S/C19H19N5OS2/c1-13-22-16(12-26-13)17-6-5-14(27-17)7-8-20-18(25)15-11-21-23(2)19(15)24-9-3-4-10-24/h3-6,9-12H,7-8H2,1-2H3,(H,20,25). The molecule has 27 heavy (non-hydrogen) atoms. The molecule has 0 spiro atoms. The molecular weight excluding hydrogens is 378 g/mol. The van der Waals surface area contributed by atoms with Crippen LogP contribution in [0, 0.1) is 6.92 Å². The molecule has 4 heterocycles. The third kappa shape index (κ3) is 3.72. The van der Waals surface area contributed by atoms with E-state index in [-0.39, 0.29) is 5.91 Å². The van der Waals surface area contributed by atoms with Gasteiger partial charge in [-0.25, -0.2) is 4.98 Å². The maximum absolute atomic E-state index is 12.6. The van der Waals surface area contributed by atoms with E-state index in [0.29, 0.717) is 12.1 Å². The summed E-state index contributed by atoms with van der Waals surface area (Å²) < 4.78 is 3.60. The molecule has 6 nitrogen and oxygen atoms in total. The largest absolute Gasteiger partial charge is 0.352 e. The Labute approximate surface area is 165 Å². The lowest BCUT2D eigenvalue weighted by atomic mass is 10.2. The number of aromatic nitrogens is 4. The van der Waals surface area contributed by atoms with Crippen LogP contribution in [-0.4, -0.2) is 31.8 Å². The molecule has 0 aliphatic heterocycles. The fourth-order valence-corrected chi connectivity index (χ4v) is 4.55. The molecule has 1 N–H and O–H groups in total. The quantitative estimate of drug-likeness (QED) is 0.540. The van der Waals surface area contributed by atoms with Gasteiger partial charge in [0.05, 0.1) is 21.8 Å². The van der Waals surface area contributed by atoms with Gasteiger partial charge in [0, 0.05) is 36.2 Å². The number of amides is 1. The van der Waals surface area contributed by atoms with E-state index in [0.717, 1.165) is 22.9 Å². The Morgan fingerprint density at radius 2 is 2.07 bits per heavy atom. The zero-order chi connectivity index (χ0) is 18.8. The fraction of sp³-hybridized carbons (Fsp3) is 0.211. The Morgan fingerprint density at radius 3 is 2.81 bits per heavy atom. The molecule has 0 radical (unpaired) electrons. The van der Waals surface area contributed by atoms with Gasteiger partial charge in [-0.3, -0.25) is 9.48 Å². The van der Waals surface area contributed by atoms with Crippen LogP contribution in [0.15, 0.2) is 48.2 Å². The minimum atomic E-state index is -0.112. The molecule has 4 aromatic heterocycles. The number of carbonyl (C=O) groups excluding carboxylic acids is 1. The van der Waals surface area contributed by atoms with Crippen molar-refractivity contribution in [3.63, 3.8) is 0 Å². The maximum atomic E-state index is 12.6. The van der Waals surface area contributed by atoms with E-state index in [1.54, 1.807) is 33.6 Å². The second-order valence-electron chi connectivity index (χ2n) is 6.12. The molecule has 1 amide bonds. The minimum Gasteiger partial charge on any atom is -0.352 e. The molecule has 0 aromatic carbocycles. The van der Waals surface area contributed by atoms with Crippen LogP contribution in [0.25, 0.3) is 16.4 Å². The van der Waals surface area contributed by atoms with Crippen LogP contribution < -0.4 is 5.32 Å². The summed E-state index contributed by atoms with van der Waals surface area (Å²) in [6, 6.07) is 8.05. The van der Waals surface area contributed by atoms with E-state index in [9.17, 15) is 4.79 Å². The first kappa shape index (κ1) is 17.7. The van der Waals surface area contributed by atoms with Gasteiger partial charge >= 0.3 is 0 Å². The molecule has 0 atom stereocenters. The van der Waals surface area contributed by atoms with Crippen LogP contribution in [0.3, 0.4) is 0 Å². The van der Waals surface area contributed by atoms with Gasteiger partial charge in [0.25, 0.3) is 5.91 Å². The van der Waals surface area contributed by atoms with E-state index in [4.69, 9.17) is 0 Å². The molecule has 8 heteroatoms. The third-order valence-electron chi connectivity index (χ3n) is 4.19. The highest BCUT2D eigenvalue weighted by atomic mass is 32.1. The molecule has 0 saturated carbocycles. The summed E-state index contributed by atoms with van der Waals surface area (Å²) in [5.74, 6) is 0.647. The van der Waals surface area contributed by atoms with Gasteiger partial charge in [0.1, 0.15) is 11.4 Å². The van der Waals surface area contributed by atoms with Crippen LogP contribution in [0.2, 0.25) is 0 Å². The number of thiazole rings is 1. The van der Waals surface area contributed by atoms with Crippen molar-refractivity contribution >= 4 is 28.6 Å². The number of carbonyl (C=O) groups is 1. The van der Waals surface area contributed by atoms with Gasteiger partial charge in [-0.05, 0) is 37.6 Å². The molecule has 0 aliphatic carbocycles.